The minimum atomic E-state index is 0.00948. The molecule has 126 valence electrons. The average Bonchev–Trinajstić information content (AvgIpc) is 2.67. The number of ether oxygens (including phenoxy) is 2. The summed E-state index contributed by atoms with van der Waals surface area (Å²) in [7, 11) is 1.63. The van der Waals surface area contributed by atoms with E-state index in [9.17, 15) is 4.79 Å². The van der Waals surface area contributed by atoms with Gasteiger partial charge in [0.1, 0.15) is 23.8 Å². The summed E-state index contributed by atoms with van der Waals surface area (Å²) >= 11 is 0. The highest BCUT2D eigenvalue weighted by Gasteiger charge is 2.11. The molecule has 5 nitrogen and oxygen atoms in total. The van der Waals surface area contributed by atoms with Gasteiger partial charge in [-0.05, 0) is 55.0 Å². The molecule has 0 aliphatic heterocycles. The van der Waals surface area contributed by atoms with Crippen molar-refractivity contribution in [3.05, 3.63) is 72.1 Å². The van der Waals surface area contributed by atoms with Crippen molar-refractivity contribution in [2.24, 2.45) is 0 Å². The van der Waals surface area contributed by atoms with Crippen molar-refractivity contribution in [1.82, 2.24) is 10.2 Å². The highest BCUT2D eigenvalue weighted by atomic mass is 16.5. The molecule has 0 atom stereocenters. The second-order valence-electron chi connectivity index (χ2n) is 5.50. The molecule has 3 aromatic rings. The standard InChI is InChI=1S/C20H18N2O3/c1-14(23)16-7-10-20(25-13-17-4-3-11-21-22-17)19(12-16)15-5-8-18(24-2)9-6-15/h3-12H,13H2,1-2H3. The van der Waals surface area contributed by atoms with Crippen molar-refractivity contribution in [3.8, 4) is 22.6 Å². The molecule has 0 spiro atoms. The predicted molar refractivity (Wildman–Crippen MR) is 94.8 cm³/mol. The molecule has 2 aromatic carbocycles. The Morgan fingerprint density at radius 3 is 2.52 bits per heavy atom. The number of nitrogens with zero attached hydrogens (tertiary/aromatic N) is 2. The van der Waals surface area contributed by atoms with Crippen LogP contribution in [0.3, 0.4) is 0 Å². The molecular formula is C20H18N2O3. The molecule has 25 heavy (non-hydrogen) atoms. The fourth-order valence-corrected chi connectivity index (χ4v) is 2.43. The fourth-order valence-electron chi connectivity index (χ4n) is 2.43. The first-order chi connectivity index (χ1) is 12.2. The zero-order valence-electron chi connectivity index (χ0n) is 14.1. The van der Waals surface area contributed by atoms with Crippen molar-refractivity contribution in [2.75, 3.05) is 7.11 Å². The Bertz CT molecular complexity index is 862. The molecule has 0 unspecified atom stereocenters. The lowest BCUT2D eigenvalue weighted by Gasteiger charge is -2.13. The van der Waals surface area contributed by atoms with Crippen molar-refractivity contribution >= 4 is 5.78 Å². The molecule has 3 rings (SSSR count). The van der Waals surface area contributed by atoms with Crippen LogP contribution >= 0.6 is 0 Å². The molecule has 0 N–H and O–H groups in total. The monoisotopic (exact) mass is 334 g/mol. The number of carbonyl (C=O) groups is 1. The maximum atomic E-state index is 11.7. The van der Waals surface area contributed by atoms with Gasteiger partial charge in [0.25, 0.3) is 0 Å². The van der Waals surface area contributed by atoms with E-state index in [0.29, 0.717) is 17.9 Å². The Balaban J connectivity index is 1.94. The lowest BCUT2D eigenvalue weighted by Crippen LogP contribution is -2.01. The summed E-state index contributed by atoms with van der Waals surface area (Å²) in [6.45, 7) is 1.85. The quantitative estimate of drug-likeness (QED) is 0.639. The molecule has 0 fully saturated rings. The Hall–Kier alpha value is -3.21. The van der Waals surface area contributed by atoms with Crippen LogP contribution in [-0.2, 0) is 6.61 Å². The van der Waals surface area contributed by atoms with Crippen LogP contribution < -0.4 is 9.47 Å². The van der Waals surface area contributed by atoms with Crippen LogP contribution in [0.4, 0.5) is 0 Å². The van der Waals surface area contributed by atoms with Gasteiger partial charge in [0.2, 0.25) is 0 Å². The van der Waals surface area contributed by atoms with Gasteiger partial charge < -0.3 is 9.47 Å². The molecule has 0 aliphatic rings. The predicted octanol–water partition coefficient (Wildman–Crippen LogP) is 3.93. The van der Waals surface area contributed by atoms with E-state index in [4.69, 9.17) is 9.47 Å². The van der Waals surface area contributed by atoms with Crippen molar-refractivity contribution in [2.45, 2.75) is 13.5 Å². The molecule has 5 heteroatoms. The van der Waals surface area contributed by atoms with Gasteiger partial charge in [-0.2, -0.15) is 10.2 Å². The molecular weight excluding hydrogens is 316 g/mol. The molecule has 0 amide bonds. The number of Topliss-reactive ketones (excluding diaryl/α,β-unsaturated/α-hetero) is 1. The van der Waals surface area contributed by atoms with E-state index in [1.54, 1.807) is 26.3 Å². The van der Waals surface area contributed by atoms with E-state index in [2.05, 4.69) is 10.2 Å². The molecule has 1 aromatic heterocycles. The largest absolute Gasteiger partial charge is 0.497 e. The maximum Gasteiger partial charge on any atom is 0.159 e. The molecule has 0 aliphatic carbocycles. The van der Waals surface area contributed by atoms with E-state index in [1.165, 1.54) is 0 Å². The van der Waals surface area contributed by atoms with Gasteiger partial charge in [-0.25, -0.2) is 0 Å². The Morgan fingerprint density at radius 1 is 1.08 bits per heavy atom. The number of carbonyl (C=O) groups excluding carboxylic acids is 1. The number of ketones is 1. The highest BCUT2D eigenvalue weighted by molar-refractivity contribution is 5.96. The van der Waals surface area contributed by atoms with Gasteiger partial charge in [-0.3, -0.25) is 4.79 Å². The first-order valence-corrected chi connectivity index (χ1v) is 7.86. The van der Waals surface area contributed by atoms with Gasteiger partial charge in [0, 0.05) is 17.3 Å². The normalized spacial score (nSPS) is 10.3. The second kappa shape index (κ2) is 7.57. The van der Waals surface area contributed by atoms with Crippen molar-refractivity contribution in [1.29, 1.82) is 0 Å². The summed E-state index contributed by atoms with van der Waals surface area (Å²) < 4.78 is 11.1. The van der Waals surface area contributed by atoms with E-state index in [-0.39, 0.29) is 5.78 Å². The van der Waals surface area contributed by atoms with Crippen LogP contribution in [0.1, 0.15) is 23.0 Å². The Morgan fingerprint density at radius 2 is 1.88 bits per heavy atom. The third kappa shape index (κ3) is 4.01. The highest BCUT2D eigenvalue weighted by Crippen LogP contribution is 2.32. The van der Waals surface area contributed by atoms with Crippen LogP contribution in [0.2, 0.25) is 0 Å². The number of rotatable bonds is 6. The minimum absolute atomic E-state index is 0.00948. The summed E-state index contributed by atoms with van der Waals surface area (Å²) in [6, 6.07) is 16.7. The van der Waals surface area contributed by atoms with Gasteiger partial charge in [-0.15, -0.1) is 0 Å². The SMILES string of the molecule is COc1ccc(-c2cc(C(C)=O)ccc2OCc2cccnn2)cc1. The summed E-state index contributed by atoms with van der Waals surface area (Å²) in [5.74, 6) is 1.46. The number of hydrogen-bond acceptors (Lipinski definition) is 5. The number of aromatic nitrogens is 2. The zero-order valence-corrected chi connectivity index (χ0v) is 14.1. The Labute approximate surface area is 146 Å². The van der Waals surface area contributed by atoms with E-state index in [0.717, 1.165) is 22.6 Å². The van der Waals surface area contributed by atoms with Crippen LogP contribution in [0.5, 0.6) is 11.5 Å². The van der Waals surface area contributed by atoms with Gasteiger partial charge in [0.05, 0.1) is 7.11 Å². The van der Waals surface area contributed by atoms with E-state index >= 15 is 0 Å². The smallest absolute Gasteiger partial charge is 0.159 e. The molecule has 0 saturated heterocycles. The summed E-state index contributed by atoms with van der Waals surface area (Å²) in [5, 5.41) is 7.86. The Kier molecular flexibility index (Phi) is 5.04. The zero-order chi connectivity index (χ0) is 17.6. The lowest BCUT2D eigenvalue weighted by atomic mass is 10.0. The van der Waals surface area contributed by atoms with Crippen LogP contribution in [0.15, 0.2) is 60.8 Å². The fraction of sp³-hybridized carbons (Fsp3) is 0.150. The maximum absolute atomic E-state index is 11.7. The summed E-state index contributed by atoms with van der Waals surface area (Å²) in [6.07, 6.45) is 1.62. The van der Waals surface area contributed by atoms with Gasteiger partial charge in [-0.1, -0.05) is 12.1 Å². The van der Waals surface area contributed by atoms with Crippen molar-refractivity contribution in [3.63, 3.8) is 0 Å². The summed E-state index contributed by atoms with van der Waals surface area (Å²) in [5.41, 5.74) is 3.16. The van der Waals surface area contributed by atoms with Crippen molar-refractivity contribution < 1.29 is 14.3 Å². The van der Waals surface area contributed by atoms with Crippen LogP contribution in [0, 0.1) is 0 Å². The molecule has 0 radical (unpaired) electrons. The number of benzene rings is 2. The van der Waals surface area contributed by atoms with Crippen LogP contribution in [-0.4, -0.2) is 23.1 Å². The third-order valence-corrected chi connectivity index (χ3v) is 3.79. The third-order valence-electron chi connectivity index (χ3n) is 3.79. The minimum Gasteiger partial charge on any atom is -0.497 e. The van der Waals surface area contributed by atoms with Gasteiger partial charge in [0.15, 0.2) is 5.78 Å². The van der Waals surface area contributed by atoms with E-state index in [1.807, 2.05) is 48.5 Å². The molecule has 0 saturated carbocycles. The topological polar surface area (TPSA) is 61.3 Å². The number of hydrogen-bond donors (Lipinski definition) is 0. The lowest BCUT2D eigenvalue weighted by molar-refractivity contribution is 0.101. The molecule has 0 bridgehead atoms. The first kappa shape index (κ1) is 16.6. The van der Waals surface area contributed by atoms with Gasteiger partial charge >= 0.3 is 0 Å². The van der Waals surface area contributed by atoms with Crippen LogP contribution in [0.25, 0.3) is 11.1 Å². The number of methoxy groups -OCH3 is 1. The first-order valence-electron chi connectivity index (χ1n) is 7.86. The second-order valence-corrected chi connectivity index (χ2v) is 5.50. The van der Waals surface area contributed by atoms with E-state index < -0.39 is 0 Å². The summed E-state index contributed by atoms with van der Waals surface area (Å²) in [4.78, 5) is 11.7. The average molecular weight is 334 g/mol. The molecule has 1 heterocycles.